The van der Waals surface area contributed by atoms with Crippen molar-refractivity contribution < 1.29 is 4.79 Å². The van der Waals surface area contributed by atoms with E-state index in [1.165, 1.54) is 0 Å². The smallest absolute Gasteiger partial charge is 0.352 e. The van der Waals surface area contributed by atoms with Crippen LogP contribution in [0.3, 0.4) is 0 Å². The van der Waals surface area contributed by atoms with E-state index in [2.05, 4.69) is 15.7 Å². The second-order valence-corrected chi connectivity index (χ2v) is 5.27. The van der Waals surface area contributed by atoms with Crippen LogP contribution >= 0.6 is 11.6 Å². The van der Waals surface area contributed by atoms with Crippen LogP contribution in [0.2, 0.25) is 5.02 Å². The Kier molecular flexibility index (Phi) is 5.32. The van der Waals surface area contributed by atoms with E-state index < -0.39 is 5.69 Å². The number of hydrogen-bond donors (Lipinski definition) is 1. The molecule has 1 amide bonds. The molecule has 2 aromatic rings. The highest BCUT2D eigenvalue weighted by Gasteiger charge is 2.15. The Labute approximate surface area is 132 Å². The fraction of sp³-hybridized carbons (Fsp3) is 0.429. The molecule has 2 rings (SSSR count). The maximum atomic E-state index is 12.2. The predicted octanol–water partition coefficient (Wildman–Crippen LogP) is 1.39. The maximum Gasteiger partial charge on any atom is 0.369 e. The monoisotopic (exact) mass is 323 g/mol. The van der Waals surface area contributed by atoms with Gasteiger partial charge in [0.2, 0.25) is 5.91 Å². The topological polar surface area (TPSA) is 81.8 Å². The highest BCUT2D eigenvalue weighted by molar-refractivity contribution is 6.32. The van der Waals surface area contributed by atoms with E-state index in [0.29, 0.717) is 10.7 Å². The summed E-state index contributed by atoms with van der Waals surface area (Å²) < 4.78 is 2.09. The molecule has 1 aromatic carbocycles. The van der Waals surface area contributed by atoms with Gasteiger partial charge in [-0.15, -0.1) is 0 Å². The third-order valence-electron chi connectivity index (χ3n) is 3.36. The van der Waals surface area contributed by atoms with E-state index in [9.17, 15) is 9.59 Å². The predicted molar refractivity (Wildman–Crippen MR) is 83.1 cm³/mol. The molecule has 0 aliphatic carbocycles. The van der Waals surface area contributed by atoms with Crippen molar-refractivity contribution >= 4 is 17.5 Å². The van der Waals surface area contributed by atoms with Crippen LogP contribution in [0.5, 0.6) is 0 Å². The summed E-state index contributed by atoms with van der Waals surface area (Å²) in [4.78, 5) is 24.2. The lowest BCUT2D eigenvalue weighted by Crippen LogP contribution is -2.38. The number of hydrogen-bond acceptors (Lipinski definition) is 4. The Morgan fingerprint density at radius 2 is 1.95 bits per heavy atom. The highest BCUT2D eigenvalue weighted by atomic mass is 35.5. The minimum Gasteiger partial charge on any atom is -0.352 e. The summed E-state index contributed by atoms with van der Waals surface area (Å²) in [5.74, 6) is -0.262. The summed E-state index contributed by atoms with van der Waals surface area (Å²) in [5, 5.41) is 10.7. The largest absolute Gasteiger partial charge is 0.369 e. The summed E-state index contributed by atoms with van der Waals surface area (Å²) in [5.41, 5.74) is -0.0754. The van der Waals surface area contributed by atoms with Crippen LogP contribution < -0.4 is 11.0 Å². The van der Waals surface area contributed by atoms with Gasteiger partial charge in [-0.3, -0.25) is 4.79 Å². The standard InChI is InChI=1S/C14H18ClN5O2/c1-3-10(4-2)16-13(21)9-19-14(22)20(18-17-19)12-8-6-5-7-11(12)15/h5-8,10H,3-4,9H2,1-2H3,(H,16,21). The third kappa shape index (κ3) is 3.54. The average molecular weight is 324 g/mol. The summed E-state index contributed by atoms with van der Waals surface area (Å²) >= 11 is 6.04. The van der Waals surface area contributed by atoms with Gasteiger partial charge in [0.25, 0.3) is 0 Å². The summed E-state index contributed by atoms with van der Waals surface area (Å²) in [6.07, 6.45) is 1.67. The van der Waals surface area contributed by atoms with Crippen LogP contribution in [0.4, 0.5) is 0 Å². The van der Waals surface area contributed by atoms with Gasteiger partial charge in [0.1, 0.15) is 6.54 Å². The normalized spacial score (nSPS) is 10.9. The number of rotatable bonds is 6. The molecule has 0 radical (unpaired) electrons. The molecule has 0 unspecified atom stereocenters. The average Bonchev–Trinajstić information content (AvgIpc) is 2.86. The number of carbonyl (C=O) groups is 1. The van der Waals surface area contributed by atoms with E-state index in [4.69, 9.17) is 11.6 Å². The van der Waals surface area contributed by atoms with Gasteiger partial charge in [0, 0.05) is 6.04 Å². The summed E-state index contributed by atoms with van der Waals surface area (Å²) in [7, 11) is 0. The molecule has 0 fully saturated rings. The van der Waals surface area contributed by atoms with Crippen molar-refractivity contribution in [3.8, 4) is 5.69 Å². The van der Waals surface area contributed by atoms with Crippen LogP contribution in [0.15, 0.2) is 29.1 Å². The zero-order valence-corrected chi connectivity index (χ0v) is 13.2. The van der Waals surface area contributed by atoms with Crippen LogP contribution in [0, 0.1) is 0 Å². The Hall–Kier alpha value is -2.15. The Morgan fingerprint density at radius 1 is 1.27 bits per heavy atom. The van der Waals surface area contributed by atoms with Gasteiger partial charge in [0.05, 0.1) is 10.7 Å². The molecule has 22 heavy (non-hydrogen) atoms. The molecule has 0 saturated carbocycles. The van der Waals surface area contributed by atoms with Crippen molar-refractivity contribution in [3.63, 3.8) is 0 Å². The molecule has 0 atom stereocenters. The molecule has 0 aliphatic rings. The number of amides is 1. The first-order chi connectivity index (χ1) is 10.6. The van der Waals surface area contributed by atoms with Crippen LogP contribution in [0.1, 0.15) is 26.7 Å². The first-order valence-electron chi connectivity index (χ1n) is 7.13. The van der Waals surface area contributed by atoms with E-state index in [0.717, 1.165) is 22.2 Å². The number of para-hydroxylation sites is 1. The molecule has 0 spiro atoms. The zero-order chi connectivity index (χ0) is 16.1. The molecular weight excluding hydrogens is 306 g/mol. The molecule has 118 valence electrons. The van der Waals surface area contributed by atoms with E-state index in [1.807, 2.05) is 13.8 Å². The number of tetrazole rings is 1. The molecule has 1 heterocycles. The Balaban J connectivity index is 2.17. The van der Waals surface area contributed by atoms with Crippen molar-refractivity contribution in [2.45, 2.75) is 39.3 Å². The molecular formula is C14H18ClN5O2. The molecule has 1 N–H and O–H groups in total. The summed E-state index contributed by atoms with van der Waals surface area (Å²) in [6.45, 7) is 3.82. The second-order valence-electron chi connectivity index (χ2n) is 4.86. The number of nitrogens with zero attached hydrogens (tertiary/aromatic N) is 4. The number of benzene rings is 1. The minimum atomic E-state index is -0.507. The van der Waals surface area contributed by atoms with E-state index >= 15 is 0 Å². The van der Waals surface area contributed by atoms with Gasteiger partial charge in [-0.2, -0.15) is 9.36 Å². The third-order valence-corrected chi connectivity index (χ3v) is 3.68. The van der Waals surface area contributed by atoms with Crippen molar-refractivity contribution in [2.24, 2.45) is 0 Å². The number of halogens is 1. The van der Waals surface area contributed by atoms with E-state index in [-0.39, 0.29) is 18.5 Å². The van der Waals surface area contributed by atoms with Crippen LogP contribution in [-0.2, 0) is 11.3 Å². The molecule has 1 aromatic heterocycles. The molecule has 0 bridgehead atoms. The maximum absolute atomic E-state index is 12.2. The summed E-state index contributed by atoms with van der Waals surface area (Å²) in [6, 6.07) is 6.91. The van der Waals surface area contributed by atoms with Gasteiger partial charge in [-0.05, 0) is 35.4 Å². The number of nitrogens with one attached hydrogen (secondary N) is 1. The molecule has 0 saturated heterocycles. The van der Waals surface area contributed by atoms with Gasteiger partial charge in [-0.1, -0.05) is 37.6 Å². The highest BCUT2D eigenvalue weighted by Crippen LogP contribution is 2.16. The first-order valence-corrected chi connectivity index (χ1v) is 7.51. The quantitative estimate of drug-likeness (QED) is 0.871. The number of aromatic nitrogens is 4. The molecule has 0 aliphatic heterocycles. The van der Waals surface area contributed by atoms with Crippen molar-refractivity contribution in [1.82, 2.24) is 25.1 Å². The number of carbonyl (C=O) groups excluding carboxylic acids is 1. The Bertz CT molecular complexity index is 705. The lowest BCUT2D eigenvalue weighted by molar-refractivity contribution is -0.122. The van der Waals surface area contributed by atoms with Gasteiger partial charge in [0.15, 0.2) is 0 Å². The zero-order valence-electron chi connectivity index (χ0n) is 12.5. The first kappa shape index (κ1) is 16.2. The van der Waals surface area contributed by atoms with Crippen molar-refractivity contribution in [2.75, 3.05) is 0 Å². The van der Waals surface area contributed by atoms with Crippen molar-refractivity contribution in [1.29, 1.82) is 0 Å². The van der Waals surface area contributed by atoms with Gasteiger partial charge < -0.3 is 5.32 Å². The van der Waals surface area contributed by atoms with Gasteiger partial charge >= 0.3 is 5.69 Å². The minimum absolute atomic E-state index is 0.0989. The second kappa shape index (κ2) is 7.22. The van der Waals surface area contributed by atoms with Gasteiger partial charge in [-0.25, -0.2) is 4.79 Å². The van der Waals surface area contributed by atoms with E-state index in [1.54, 1.807) is 24.3 Å². The SMILES string of the molecule is CCC(CC)NC(=O)Cn1nnn(-c2ccccc2Cl)c1=O. The van der Waals surface area contributed by atoms with Crippen molar-refractivity contribution in [3.05, 3.63) is 39.8 Å². The molecule has 8 heteroatoms. The fourth-order valence-electron chi connectivity index (χ4n) is 2.05. The van der Waals surface area contributed by atoms with Crippen LogP contribution in [0.25, 0.3) is 5.69 Å². The molecule has 7 nitrogen and oxygen atoms in total. The lowest BCUT2D eigenvalue weighted by atomic mass is 10.2. The fourth-order valence-corrected chi connectivity index (χ4v) is 2.27. The Morgan fingerprint density at radius 3 is 2.59 bits per heavy atom. The lowest BCUT2D eigenvalue weighted by Gasteiger charge is -2.13. The van der Waals surface area contributed by atoms with Crippen LogP contribution in [-0.4, -0.2) is 31.7 Å².